The molecule has 1 atom stereocenters. The molecule has 0 saturated heterocycles. The van der Waals surface area contributed by atoms with Crippen molar-refractivity contribution in [2.24, 2.45) is 0 Å². The van der Waals surface area contributed by atoms with E-state index in [-0.39, 0.29) is 12.7 Å². The number of nitrogens with one attached hydrogen (secondary N) is 1. The molecule has 6 heteroatoms. The first-order chi connectivity index (χ1) is 13.5. The minimum atomic E-state index is -0.582. The Kier molecular flexibility index (Phi) is 9.23. The second kappa shape index (κ2) is 11.7. The Morgan fingerprint density at radius 2 is 1.39 bits per heavy atom. The zero-order valence-corrected chi connectivity index (χ0v) is 17.2. The maximum absolute atomic E-state index is 10.3. The Balaban J connectivity index is 2.03. The molecule has 0 aliphatic heterocycles. The van der Waals surface area contributed by atoms with E-state index in [1.54, 1.807) is 14.2 Å². The van der Waals surface area contributed by atoms with Crippen LogP contribution in [0.25, 0.3) is 0 Å². The van der Waals surface area contributed by atoms with E-state index in [4.69, 9.17) is 14.2 Å². The van der Waals surface area contributed by atoms with E-state index in [9.17, 15) is 5.11 Å². The molecule has 0 fully saturated rings. The minimum absolute atomic E-state index is 0.234. The van der Waals surface area contributed by atoms with Crippen LogP contribution in [-0.4, -0.2) is 70.7 Å². The van der Waals surface area contributed by atoms with Crippen molar-refractivity contribution in [3.05, 3.63) is 59.7 Å². The normalized spacial score (nSPS) is 12.4. The third kappa shape index (κ3) is 7.13. The SMILES string of the molecule is COc1ccc(C(OCC(O)CNCCN(C)C)c2ccc(OC)cc2)cc1. The maximum Gasteiger partial charge on any atom is 0.118 e. The van der Waals surface area contributed by atoms with Gasteiger partial charge in [-0.05, 0) is 49.5 Å². The minimum Gasteiger partial charge on any atom is -0.497 e. The van der Waals surface area contributed by atoms with Crippen LogP contribution in [0.1, 0.15) is 17.2 Å². The third-order valence-electron chi connectivity index (χ3n) is 4.41. The molecule has 0 radical (unpaired) electrons. The van der Waals surface area contributed by atoms with Crippen molar-refractivity contribution in [3.8, 4) is 11.5 Å². The van der Waals surface area contributed by atoms with Gasteiger partial charge in [-0.3, -0.25) is 0 Å². The summed E-state index contributed by atoms with van der Waals surface area (Å²) in [4.78, 5) is 2.10. The average Bonchev–Trinajstić information content (AvgIpc) is 2.72. The molecule has 1 unspecified atom stereocenters. The first kappa shape index (κ1) is 22.2. The lowest BCUT2D eigenvalue weighted by molar-refractivity contribution is 0.00655. The fourth-order valence-electron chi connectivity index (χ4n) is 2.78. The van der Waals surface area contributed by atoms with E-state index in [0.29, 0.717) is 6.54 Å². The number of methoxy groups -OCH3 is 2. The Labute approximate surface area is 168 Å². The number of ether oxygens (including phenoxy) is 3. The second-order valence-electron chi connectivity index (χ2n) is 6.92. The van der Waals surface area contributed by atoms with Crippen LogP contribution < -0.4 is 14.8 Å². The van der Waals surface area contributed by atoms with Gasteiger partial charge < -0.3 is 29.5 Å². The number of aliphatic hydroxyl groups excluding tert-OH is 1. The van der Waals surface area contributed by atoms with E-state index in [2.05, 4.69) is 10.2 Å². The zero-order valence-electron chi connectivity index (χ0n) is 17.2. The van der Waals surface area contributed by atoms with Crippen LogP contribution in [0.4, 0.5) is 0 Å². The summed E-state index contributed by atoms with van der Waals surface area (Å²) in [7, 11) is 7.34. The quantitative estimate of drug-likeness (QED) is 0.544. The molecule has 2 rings (SSSR count). The Morgan fingerprint density at radius 1 is 0.893 bits per heavy atom. The molecule has 0 aliphatic rings. The van der Waals surface area contributed by atoms with Gasteiger partial charge in [-0.25, -0.2) is 0 Å². The summed E-state index contributed by atoms with van der Waals surface area (Å²) in [6.45, 7) is 2.47. The summed E-state index contributed by atoms with van der Waals surface area (Å²) in [5, 5.41) is 13.5. The maximum atomic E-state index is 10.3. The highest BCUT2D eigenvalue weighted by Crippen LogP contribution is 2.29. The highest BCUT2D eigenvalue weighted by atomic mass is 16.5. The van der Waals surface area contributed by atoms with Crippen LogP contribution in [0.5, 0.6) is 11.5 Å². The molecule has 2 N–H and O–H groups in total. The molecular weight excluding hydrogens is 356 g/mol. The predicted molar refractivity (Wildman–Crippen MR) is 111 cm³/mol. The third-order valence-corrected chi connectivity index (χ3v) is 4.41. The zero-order chi connectivity index (χ0) is 20.4. The number of benzene rings is 2. The largest absolute Gasteiger partial charge is 0.497 e. The molecule has 2 aromatic rings. The number of aliphatic hydroxyl groups is 1. The second-order valence-corrected chi connectivity index (χ2v) is 6.92. The van der Waals surface area contributed by atoms with Crippen molar-refractivity contribution in [2.45, 2.75) is 12.2 Å². The molecule has 154 valence electrons. The monoisotopic (exact) mass is 388 g/mol. The number of rotatable bonds is 12. The summed E-state index contributed by atoms with van der Waals surface area (Å²) in [5.74, 6) is 1.59. The first-order valence-corrected chi connectivity index (χ1v) is 9.46. The molecule has 0 heterocycles. The van der Waals surface area contributed by atoms with E-state index in [1.165, 1.54) is 0 Å². The van der Waals surface area contributed by atoms with Crippen molar-refractivity contribution in [1.29, 1.82) is 0 Å². The molecular formula is C22H32N2O4. The topological polar surface area (TPSA) is 63.2 Å². The van der Waals surface area contributed by atoms with Gasteiger partial charge in [-0.15, -0.1) is 0 Å². The lowest BCUT2D eigenvalue weighted by Crippen LogP contribution is -2.35. The van der Waals surface area contributed by atoms with E-state index >= 15 is 0 Å². The number of hydrogen-bond acceptors (Lipinski definition) is 6. The van der Waals surface area contributed by atoms with Crippen molar-refractivity contribution in [3.63, 3.8) is 0 Å². The van der Waals surface area contributed by atoms with Gasteiger partial charge >= 0.3 is 0 Å². The van der Waals surface area contributed by atoms with Gasteiger partial charge in [0, 0.05) is 19.6 Å². The highest BCUT2D eigenvalue weighted by Gasteiger charge is 2.17. The molecule has 28 heavy (non-hydrogen) atoms. The Hall–Kier alpha value is -2.12. The lowest BCUT2D eigenvalue weighted by Gasteiger charge is -2.22. The number of likely N-dealkylation sites (N-methyl/N-ethyl adjacent to an activating group) is 1. The van der Waals surface area contributed by atoms with Crippen LogP contribution in [-0.2, 0) is 4.74 Å². The van der Waals surface area contributed by atoms with Crippen LogP contribution in [0.3, 0.4) is 0 Å². The molecule has 6 nitrogen and oxygen atoms in total. The van der Waals surface area contributed by atoms with Crippen molar-refractivity contribution in [1.82, 2.24) is 10.2 Å². The summed E-state index contributed by atoms with van der Waals surface area (Å²) in [6, 6.07) is 15.6. The van der Waals surface area contributed by atoms with Crippen LogP contribution >= 0.6 is 0 Å². The summed E-state index contributed by atoms with van der Waals surface area (Å²) in [5.41, 5.74) is 2.00. The number of nitrogens with zero attached hydrogens (tertiary/aromatic N) is 1. The van der Waals surface area contributed by atoms with E-state index < -0.39 is 6.10 Å². The predicted octanol–water partition coefficient (Wildman–Crippen LogP) is 2.32. The molecule has 0 amide bonds. The van der Waals surface area contributed by atoms with Crippen LogP contribution in [0.2, 0.25) is 0 Å². The molecule has 0 saturated carbocycles. The standard InChI is InChI=1S/C22H32N2O4/c1-24(2)14-13-23-15-19(25)16-28-22(17-5-9-20(26-3)10-6-17)18-7-11-21(27-4)12-8-18/h5-12,19,22-23,25H,13-16H2,1-4H3. The van der Waals surface area contributed by atoms with Gasteiger partial charge in [-0.2, -0.15) is 0 Å². The van der Waals surface area contributed by atoms with Gasteiger partial charge in [0.15, 0.2) is 0 Å². The smallest absolute Gasteiger partial charge is 0.118 e. The highest BCUT2D eigenvalue weighted by molar-refractivity contribution is 5.36. The fraction of sp³-hybridized carbons (Fsp3) is 0.455. The van der Waals surface area contributed by atoms with Gasteiger partial charge in [0.05, 0.1) is 26.9 Å². The van der Waals surface area contributed by atoms with Crippen LogP contribution in [0, 0.1) is 0 Å². The van der Waals surface area contributed by atoms with Gasteiger partial charge in [0.25, 0.3) is 0 Å². The summed E-state index contributed by atoms with van der Waals surface area (Å²) >= 11 is 0. The number of hydrogen-bond donors (Lipinski definition) is 2. The molecule has 0 aliphatic carbocycles. The molecule has 0 aromatic heterocycles. The average molecular weight is 389 g/mol. The molecule has 2 aromatic carbocycles. The fourth-order valence-corrected chi connectivity index (χ4v) is 2.78. The molecule has 0 bridgehead atoms. The summed E-state index contributed by atoms with van der Waals surface area (Å²) < 4.78 is 16.6. The van der Waals surface area contributed by atoms with Crippen molar-refractivity contribution < 1.29 is 19.3 Å². The van der Waals surface area contributed by atoms with Gasteiger partial charge in [0.2, 0.25) is 0 Å². The Bertz CT molecular complexity index is 626. The Morgan fingerprint density at radius 3 is 1.82 bits per heavy atom. The van der Waals surface area contributed by atoms with E-state index in [1.807, 2.05) is 62.6 Å². The van der Waals surface area contributed by atoms with Crippen molar-refractivity contribution >= 4 is 0 Å². The van der Waals surface area contributed by atoms with Gasteiger partial charge in [0.1, 0.15) is 17.6 Å². The van der Waals surface area contributed by atoms with Crippen LogP contribution in [0.15, 0.2) is 48.5 Å². The summed E-state index contributed by atoms with van der Waals surface area (Å²) in [6.07, 6.45) is -0.866. The first-order valence-electron chi connectivity index (χ1n) is 9.46. The van der Waals surface area contributed by atoms with E-state index in [0.717, 1.165) is 35.7 Å². The van der Waals surface area contributed by atoms with Crippen molar-refractivity contribution in [2.75, 3.05) is 54.6 Å². The van der Waals surface area contributed by atoms with Gasteiger partial charge in [-0.1, -0.05) is 24.3 Å². The lowest BCUT2D eigenvalue weighted by atomic mass is 10.0. The molecule has 0 spiro atoms.